The van der Waals surface area contributed by atoms with Crippen LogP contribution >= 0.6 is 0 Å². The highest BCUT2D eigenvalue weighted by molar-refractivity contribution is 5.74. The molecule has 0 bridgehead atoms. The lowest BCUT2D eigenvalue weighted by Crippen LogP contribution is -2.69. The highest BCUT2D eigenvalue weighted by Crippen LogP contribution is 2.37. The Kier molecular flexibility index (Phi) is 20.4. The number of amides is 1. The number of carbonyl (C=O) groups is 3. The fourth-order valence-corrected chi connectivity index (χ4v) is 9.23. The van der Waals surface area contributed by atoms with Gasteiger partial charge in [-0.1, -0.05) is 0 Å². The quantitative estimate of drug-likeness (QED) is 0.0606. The monoisotopic (exact) mass is 1060 g/mol. The Balaban J connectivity index is 1.10. The van der Waals surface area contributed by atoms with Crippen LogP contribution < -0.4 is 5.32 Å². The number of aliphatic hydroxyl groups excluding tert-OH is 12. The average molecular weight is 1060 g/mol. The minimum atomic E-state index is -2.23. The molecule has 6 rings (SSSR count). The Morgan fingerprint density at radius 1 is 0.486 bits per heavy atom. The smallest absolute Gasteiger partial charge is 0.335 e. The molecule has 32 heteroatoms. The lowest BCUT2D eigenvalue weighted by molar-refractivity contribution is -0.390. The number of carboxylic acid groups (broad SMARTS) is 2. The van der Waals surface area contributed by atoms with Crippen LogP contribution in [0.2, 0.25) is 0 Å². The van der Waals surface area contributed by atoms with Crippen molar-refractivity contribution in [3.8, 4) is 0 Å². The Morgan fingerprint density at radius 3 is 1.53 bits per heavy atom. The Labute approximate surface area is 408 Å². The number of aliphatic carboxylic acids is 2. The van der Waals surface area contributed by atoms with Crippen molar-refractivity contribution in [3.63, 3.8) is 0 Å². The minimum Gasteiger partial charge on any atom is -0.479 e. The molecular formula is C40H65NO31. The molecule has 0 unspecified atom stereocenters. The summed E-state index contributed by atoms with van der Waals surface area (Å²) in [5.74, 6) is -4.31. The van der Waals surface area contributed by atoms with E-state index in [0.717, 1.165) is 14.0 Å². The van der Waals surface area contributed by atoms with Crippen LogP contribution in [0.5, 0.6) is 0 Å². The van der Waals surface area contributed by atoms with Gasteiger partial charge in [-0.15, -0.1) is 0 Å². The van der Waals surface area contributed by atoms with Crippen molar-refractivity contribution in [2.75, 3.05) is 41.2 Å². The van der Waals surface area contributed by atoms with Crippen LogP contribution in [0.4, 0.5) is 0 Å². The molecule has 6 heterocycles. The molecule has 0 aromatic carbocycles. The predicted molar refractivity (Wildman–Crippen MR) is 219 cm³/mol. The second-order valence-corrected chi connectivity index (χ2v) is 17.7. The van der Waals surface area contributed by atoms with E-state index in [2.05, 4.69) is 5.32 Å². The van der Waals surface area contributed by atoms with Gasteiger partial charge in [-0.05, 0) is 6.92 Å². The second-order valence-electron chi connectivity index (χ2n) is 17.7. The van der Waals surface area contributed by atoms with E-state index in [1.807, 2.05) is 0 Å². The second kappa shape index (κ2) is 25.0. The Hall–Kier alpha value is -2.63. The summed E-state index contributed by atoms with van der Waals surface area (Å²) in [6.45, 7) is 0.101. The minimum absolute atomic E-state index is 0.702. The molecule has 6 aliphatic rings. The van der Waals surface area contributed by atoms with Gasteiger partial charge >= 0.3 is 11.9 Å². The Bertz CT molecular complexity index is 1770. The molecule has 72 heavy (non-hydrogen) atoms. The summed E-state index contributed by atoms with van der Waals surface area (Å²) in [7, 11) is 3.38. The molecule has 416 valence electrons. The number of nitrogens with one attached hydrogen (secondary N) is 1. The van der Waals surface area contributed by atoms with Crippen LogP contribution in [0.3, 0.4) is 0 Å². The highest BCUT2D eigenvalue weighted by atomic mass is 16.8. The van der Waals surface area contributed by atoms with E-state index in [4.69, 9.17) is 66.3 Å². The van der Waals surface area contributed by atoms with Gasteiger partial charge in [0.25, 0.3) is 0 Å². The SMILES string of the molecule is CO[C@@H]1[C@@H](O[C@H]2[C@H](O)[C@H](O[C@H]3O[C@H](C(=O)O)[C@@H](O[C@@H]4OC[C@@H](O[C@@H]5O[C@H](C(=O)O)[C@@H](O[C@@H]6O[C@H](CO)[C@@H](OC)[C@H](O)[C@H]6NC(C)=O)[C@H](O)[C@H]5O)[C@H](O)[C@H]4O)[C@H](O)[C@H]3OC)[C@@H](O)O[C@@H]2CO)O[C@H](C)[C@@H](O)[C@@H]1O. The first kappa shape index (κ1) is 58.6. The Morgan fingerprint density at radius 2 is 0.958 bits per heavy atom. The third-order valence-corrected chi connectivity index (χ3v) is 13.1. The molecule has 29 atom stereocenters. The van der Waals surface area contributed by atoms with E-state index in [-0.39, 0.29) is 0 Å². The normalized spacial score (nSPS) is 49.2. The summed E-state index contributed by atoms with van der Waals surface area (Å²) >= 11 is 0. The van der Waals surface area contributed by atoms with Gasteiger partial charge in [-0.3, -0.25) is 4.79 Å². The predicted octanol–water partition coefficient (Wildman–Crippen LogP) is -10.1. The first-order valence-electron chi connectivity index (χ1n) is 22.5. The maximum atomic E-state index is 12.6. The summed E-state index contributed by atoms with van der Waals surface area (Å²) in [4.78, 5) is 37.1. The lowest BCUT2D eigenvalue weighted by atomic mass is 9.95. The van der Waals surface area contributed by atoms with Crippen molar-refractivity contribution in [2.24, 2.45) is 0 Å². The fourth-order valence-electron chi connectivity index (χ4n) is 9.23. The molecule has 0 aliphatic carbocycles. The van der Waals surface area contributed by atoms with Crippen LogP contribution in [0, 0.1) is 0 Å². The van der Waals surface area contributed by atoms with Gasteiger partial charge in [-0.25, -0.2) is 9.59 Å². The summed E-state index contributed by atoms with van der Waals surface area (Å²) in [5, 5.41) is 153. The number of methoxy groups -OCH3 is 3. The standard InChI is InChI=1S/C40H65NO31/c1-9-15(45)18(48)29(60-4)39(63-9)67-25-12(7-43)64-35(58)28(22(25)52)70-40-30(61-5)23(53)27(32(72-40)34(56)57)69-37-20(50)16(46)13(8-62-37)66-38-21(51)19(49)26(31(71-38)33(54)55)68-36-14(41-10(2)44)17(47)24(59-3)11(6-42)65-36/h9,11-32,35-40,42-43,45-53,58H,6-8H2,1-5H3,(H,41,44)(H,54,55)(H,56,57)/t9-,11-,12-,13-,14-,15-,16+,17-,18+,19-,20-,21-,22+,23+,24-,25-,26+,27+,28+,29+,30-,31+,32+,35+,36+,37+,38-,39-,40+/m1/s1. The van der Waals surface area contributed by atoms with Gasteiger partial charge in [0.05, 0.1) is 25.9 Å². The average Bonchev–Trinajstić information content (AvgIpc) is 3.33. The van der Waals surface area contributed by atoms with Gasteiger partial charge in [-0.2, -0.15) is 0 Å². The summed E-state index contributed by atoms with van der Waals surface area (Å²) < 4.78 is 77.6. The third kappa shape index (κ3) is 12.1. The molecule has 1 amide bonds. The molecule has 32 nitrogen and oxygen atoms in total. The molecule has 6 fully saturated rings. The lowest BCUT2D eigenvalue weighted by Gasteiger charge is -2.49. The molecule has 6 saturated heterocycles. The van der Waals surface area contributed by atoms with E-state index < -0.39 is 216 Å². The van der Waals surface area contributed by atoms with Crippen molar-refractivity contribution < 1.29 is 152 Å². The van der Waals surface area contributed by atoms with E-state index >= 15 is 0 Å². The van der Waals surface area contributed by atoms with Crippen molar-refractivity contribution in [1.29, 1.82) is 0 Å². The van der Waals surface area contributed by atoms with Crippen molar-refractivity contribution in [3.05, 3.63) is 0 Å². The van der Waals surface area contributed by atoms with Crippen LogP contribution in [0.15, 0.2) is 0 Å². The number of carboxylic acids is 2. The number of hydrogen-bond donors (Lipinski definition) is 15. The van der Waals surface area contributed by atoms with Crippen molar-refractivity contribution in [1.82, 2.24) is 5.32 Å². The van der Waals surface area contributed by atoms with Crippen LogP contribution in [0.25, 0.3) is 0 Å². The zero-order valence-electron chi connectivity index (χ0n) is 39.1. The van der Waals surface area contributed by atoms with Gasteiger partial charge in [0.15, 0.2) is 49.9 Å². The first-order valence-corrected chi connectivity index (χ1v) is 22.5. The number of hydrogen-bond acceptors (Lipinski definition) is 29. The molecule has 0 saturated carbocycles. The zero-order chi connectivity index (χ0) is 53.2. The van der Waals surface area contributed by atoms with Gasteiger partial charge < -0.3 is 143 Å². The van der Waals surface area contributed by atoms with Gasteiger partial charge in [0.1, 0.15) is 122 Å². The molecule has 0 spiro atoms. The van der Waals surface area contributed by atoms with E-state index in [1.165, 1.54) is 21.1 Å². The maximum Gasteiger partial charge on any atom is 0.335 e. The zero-order valence-corrected chi connectivity index (χ0v) is 39.1. The molecular weight excluding hydrogens is 990 g/mol. The van der Waals surface area contributed by atoms with Crippen molar-refractivity contribution >= 4 is 17.8 Å². The molecule has 0 aromatic heterocycles. The number of rotatable bonds is 18. The van der Waals surface area contributed by atoms with E-state index in [9.17, 15) is 85.9 Å². The molecule has 15 N–H and O–H groups in total. The molecule has 0 radical (unpaired) electrons. The van der Waals surface area contributed by atoms with Gasteiger partial charge in [0.2, 0.25) is 5.91 Å². The fraction of sp³-hybridized carbons (Fsp3) is 0.925. The largest absolute Gasteiger partial charge is 0.479 e. The highest BCUT2D eigenvalue weighted by Gasteiger charge is 2.58. The summed E-state index contributed by atoms with van der Waals surface area (Å²) in [5.41, 5.74) is 0. The topological polar surface area (TPSA) is 476 Å². The number of aliphatic hydroxyl groups is 12. The van der Waals surface area contributed by atoms with E-state index in [1.54, 1.807) is 0 Å². The molecule has 6 aliphatic heterocycles. The number of carbonyl (C=O) groups excluding carboxylic acids is 1. The molecule has 0 aromatic rings. The summed E-state index contributed by atoms with van der Waals surface area (Å²) in [6.07, 6.45) is -50.6. The first-order chi connectivity index (χ1) is 34.0. The van der Waals surface area contributed by atoms with Crippen LogP contribution in [-0.2, 0) is 80.7 Å². The third-order valence-electron chi connectivity index (χ3n) is 13.1. The van der Waals surface area contributed by atoms with Crippen LogP contribution in [-0.4, -0.2) is 309 Å². The summed E-state index contributed by atoms with van der Waals surface area (Å²) in [6, 6.07) is -1.47. The maximum absolute atomic E-state index is 12.6. The van der Waals surface area contributed by atoms with E-state index in [0.29, 0.717) is 0 Å². The van der Waals surface area contributed by atoms with Gasteiger partial charge in [0, 0.05) is 28.3 Å². The van der Waals surface area contributed by atoms with Crippen LogP contribution in [0.1, 0.15) is 13.8 Å². The van der Waals surface area contributed by atoms with Crippen molar-refractivity contribution in [2.45, 2.75) is 192 Å². The number of ether oxygens (including phenoxy) is 14.